The number of rotatable bonds is 1. The Morgan fingerprint density at radius 3 is 2.36 bits per heavy atom. The SMILES string of the molecule is [O-]c1ccc(F)c(-c2ccccc2)c1. The average molecular weight is 187 g/mol. The molecular formula is C12H8FO-. The molecule has 2 heteroatoms. The van der Waals surface area contributed by atoms with E-state index in [4.69, 9.17) is 0 Å². The van der Waals surface area contributed by atoms with Gasteiger partial charge < -0.3 is 5.11 Å². The second-order valence-electron chi connectivity index (χ2n) is 3.01. The molecule has 0 saturated carbocycles. The summed E-state index contributed by atoms with van der Waals surface area (Å²) in [4.78, 5) is 0. The monoisotopic (exact) mass is 187 g/mol. The van der Waals surface area contributed by atoms with Crippen LogP contribution in [0.5, 0.6) is 5.75 Å². The second-order valence-corrected chi connectivity index (χ2v) is 3.01. The minimum Gasteiger partial charge on any atom is -0.872 e. The van der Waals surface area contributed by atoms with Crippen LogP contribution in [0.4, 0.5) is 4.39 Å². The van der Waals surface area contributed by atoms with E-state index in [2.05, 4.69) is 0 Å². The summed E-state index contributed by atoms with van der Waals surface area (Å²) in [6.45, 7) is 0. The van der Waals surface area contributed by atoms with Crippen LogP contribution in [0.15, 0.2) is 48.5 Å². The maximum atomic E-state index is 13.3. The molecule has 0 aliphatic rings. The lowest BCUT2D eigenvalue weighted by molar-refractivity contribution is -0.268. The summed E-state index contributed by atoms with van der Waals surface area (Å²) in [5.41, 5.74) is 1.08. The maximum absolute atomic E-state index is 13.3. The molecule has 0 amide bonds. The first-order valence-corrected chi connectivity index (χ1v) is 4.29. The van der Waals surface area contributed by atoms with E-state index in [1.54, 1.807) is 12.1 Å². The summed E-state index contributed by atoms with van der Waals surface area (Å²) in [6.07, 6.45) is 0. The number of halogens is 1. The van der Waals surface area contributed by atoms with E-state index in [-0.39, 0.29) is 11.6 Å². The lowest BCUT2D eigenvalue weighted by Crippen LogP contribution is -1.91. The molecule has 0 aromatic heterocycles. The molecule has 0 aliphatic heterocycles. The molecule has 0 bridgehead atoms. The van der Waals surface area contributed by atoms with Gasteiger partial charge in [-0.1, -0.05) is 42.5 Å². The summed E-state index contributed by atoms with van der Waals surface area (Å²) < 4.78 is 13.3. The molecule has 1 nitrogen and oxygen atoms in total. The molecule has 70 valence electrons. The number of hydrogen-bond donors (Lipinski definition) is 0. The Kier molecular flexibility index (Phi) is 2.19. The van der Waals surface area contributed by atoms with Gasteiger partial charge in [0.15, 0.2) is 0 Å². The van der Waals surface area contributed by atoms with Gasteiger partial charge >= 0.3 is 0 Å². The molecule has 0 aliphatic carbocycles. The lowest BCUT2D eigenvalue weighted by atomic mass is 10.1. The van der Waals surface area contributed by atoms with Crippen LogP contribution < -0.4 is 5.11 Å². The number of benzene rings is 2. The zero-order valence-electron chi connectivity index (χ0n) is 7.41. The molecule has 0 atom stereocenters. The van der Waals surface area contributed by atoms with E-state index in [1.807, 2.05) is 18.2 Å². The molecule has 2 rings (SSSR count). The third-order valence-corrected chi connectivity index (χ3v) is 2.02. The zero-order chi connectivity index (χ0) is 9.97. The average Bonchev–Trinajstić information content (AvgIpc) is 2.23. The molecule has 0 heterocycles. The highest BCUT2D eigenvalue weighted by Crippen LogP contribution is 2.24. The van der Waals surface area contributed by atoms with Gasteiger partial charge in [-0.25, -0.2) is 4.39 Å². The first-order chi connectivity index (χ1) is 6.77. The van der Waals surface area contributed by atoms with Crippen molar-refractivity contribution in [1.29, 1.82) is 0 Å². The van der Waals surface area contributed by atoms with E-state index in [0.717, 1.165) is 5.56 Å². The fourth-order valence-corrected chi connectivity index (χ4v) is 1.34. The second kappa shape index (κ2) is 3.50. The van der Waals surface area contributed by atoms with Crippen molar-refractivity contribution in [3.8, 4) is 16.9 Å². The zero-order valence-corrected chi connectivity index (χ0v) is 7.41. The highest BCUT2D eigenvalue weighted by molar-refractivity contribution is 5.65. The van der Waals surface area contributed by atoms with Crippen LogP contribution in [0, 0.1) is 5.82 Å². The van der Waals surface area contributed by atoms with Crippen molar-refractivity contribution in [3.63, 3.8) is 0 Å². The largest absolute Gasteiger partial charge is 0.872 e. The van der Waals surface area contributed by atoms with Crippen LogP contribution in [0.3, 0.4) is 0 Å². The normalized spacial score (nSPS) is 10.1. The molecule has 2 aromatic carbocycles. The van der Waals surface area contributed by atoms with E-state index >= 15 is 0 Å². The number of hydrogen-bond acceptors (Lipinski definition) is 1. The maximum Gasteiger partial charge on any atom is 0.130 e. The third kappa shape index (κ3) is 1.59. The molecule has 0 spiro atoms. The predicted molar refractivity (Wildman–Crippen MR) is 51.3 cm³/mol. The summed E-state index contributed by atoms with van der Waals surface area (Å²) in [7, 11) is 0. The van der Waals surface area contributed by atoms with Crippen LogP contribution in [0.25, 0.3) is 11.1 Å². The van der Waals surface area contributed by atoms with Crippen molar-refractivity contribution < 1.29 is 9.50 Å². The highest BCUT2D eigenvalue weighted by Gasteiger charge is 2.02. The van der Waals surface area contributed by atoms with Gasteiger partial charge in [0.1, 0.15) is 5.82 Å². The van der Waals surface area contributed by atoms with Gasteiger partial charge in [0.2, 0.25) is 0 Å². The molecule has 0 unspecified atom stereocenters. The summed E-state index contributed by atoms with van der Waals surface area (Å²) in [6, 6.07) is 12.8. The molecule has 0 radical (unpaired) electrons. The van der Waals surface area contributed by atoms with Crippen molar-refractivity contribution in [1.82, 2.24) is 0 Å². The topological polar surface area (TPSA) is 23.1 Å². The summed E-state index contributed by atoms with van der Waals surface area (Å²) in [5.74, 6) is -0.541. The van der Waals surface area contributed by atoms with Gasteiger partial charge in [-0.15, -0.1) is 5.75 Å². The van der Waals surface area contributed by atoms with Crippen molar-refractivity contribution >= 4 is 0 Å². The Bertz CT molecular complexity index is 437. The third-order valence-electron chi connectivity index (χ3n) is 2.02. The van der Waals surface area contributed by atoms with Gasteiger partial charge in [0.05, 0.1) is 0 Å². The molecule has 0 fully saturated rings. The van der Waals surface area contributed by atoms with Crippen LogP contribution in [0.1, 0.15) is 0 Å². The first kappa shape index (κ1) is 8.75. The fourth-order valence-electron chi connectivity index (χ4n) is 1.34. The van der Waals surface area contributed by atoms with E-state index in [9.17, 15) is 9.50 Å². The Morgan fingerprint density at radius 2 is 1.64 bits per heavy atom. The molecule has 0 saturated heterocycles. The molecule has 0 N–H and O–H groups in total. The van der Waals surface area contributed by atoms with Crippen LogP contribution >= 0.6 is 0 Å². The predicted octanol–water partition coefficient (Wildman–Crippen LogP) is 2.57. The van der Waals surface area contributed by atoms with E-state index in [0.29, 0.717) is 5.56 Å². The van der Waals surface area contributed by atoms with Gasteiger partial charge in [-0.05, 0) is 11.6 Å². The van der Waals surface area contributed by atoms with Crippen LogP contribution in [-0.2, 0) is 0 Å². The van der Waals surface area contributed by atoms with Gasteiger partial charge in [0, 0.05) is 5.56 Å². The minimum atomic E-state index is -0.365. The molecule has 14 heavy (non-hydrogen) atoms. The Balaban J connectivity index is 2.57. The van der Waals surface area contributed by atoms with Crippen LogP contribution in [0.2, 0.25) is 0 Å². The Labute approximate surface area is 81.4 Å². The lowest BCUT2D eigenvalue weighted by Gasteiger charge is -2.09. The fraction of sp³-hybridized carbons (Fsp3) is 0. The van der Waals surface area contributed by atoms with E-state index in [1.165, 1.54) is 18.2 Å². The highest BCUT2D eigenvalue weighted by atomic mass is 19.1. The Hall–Kier alpha value is -1.83. The van der Waals surface area contributed by atoms with Crippen molar-refractivity contribution in [2.75, 3.05) is 0 Å². The summed E-state index contributed by atoms with van der Waals surface area (Å²) in [5, 5.41) is 11.0. The van der Waals surface area contributed by atoms with Gasteiger partial charge in [-0.3, -0.25) is 0 Å². The first-order valence-electron chi connectivity index (χ1n) is 4.29. The molecular weight excluding hydrogens is 179 g/mol. The van der Waals surface area contributed by atoms with Gasteiger partial charge in [-0.2, -0.15) is 0 Å². The van der Waals surface area contributed by atoms with Crippen LogP contribution in [-0.4, -0.2) is 0 Å². The van der Waals surface area contributed by atoms with Crippen molar-refractivity contribution in [3.05, 3.63) is 54.3 Å². The van der Waals surface area contributed by atoms with Crippen molar-refractivity contribution in [2.24, 2.45) is 0 Å². The van der Waals surface area contributed by atoms with E-state index < -0.39 is 0 Å². The summed E-state index contributed by atoms with van der Waals surface area (Å²) >= 11 is 0. The molecule has 2 aromatic rings. The minimum absolute atomic E-state index is 0.176. The quantitative estimate of drug-likeness (QED) is 0.672. The Morgan fingerprint density at radius 1 is 0.929 bits per heavy atom. The standard InChI is InChI=1S/C12H9FO/c13-12-7-6-10(14)8-11(12)9-4-2-1-3-5-9/h1-8,14H/p-1. The van der Waals surface area contributed by atoms with Gasteiger partial charge in [0.25, 0.3) is 0 Å². The smallest absolute Gasteiger partial charge is 0.130 e. The van der Waals surface area contributed by atoms with Crippen molar-refractivity contribution in [2.45, 2.75) is 0 Å².